The van der Waals surface area contributed by atoms with Crippen LogP contribution < -0.4 is 0 Å². The van der Waals surface area contributed by atoms with E-state index >= 15 is 0 Å². The van der Waals surface area contributed by atoms with Gasteiger partial charge in [0, 0.05) is 16.5 Å². The molecule has 16 heavy (non-hydrogen) atoms. The number of ketones is 1. The minimum Gasteiger partial charge on any atom is -0.294 e. The molecule has 2 aliphatic carbocycles. The normalized spacial score (nSPS) is 22.4. The van der Waals surface area contributed by atoms with Crippen LogP contribution in [0.3, 0.4) is 0 Å². The fourth-order valence-electron chi connectivity index (χ4n) is 3.46. The number of halogens is 1. The van der Waals surface area contributed by atoms with E-state index in [1.54, 1.807) is 0 Å². The van der Waals surface area contributed by atoms with Crippen LogP contribution in [-0.4, -0.2) is 5.78 Å². The second-order valence-corrected chi connectivity index (χ2v) is 5.93. The first-order valence-electron chi connectivity index (χ1n) is 6.05. The Bertz CT molecular complexity index is 444. The van der Waals surface area contributed by atoms with E-state index in [0.717, 1.165) is 22.9 Å². The zero-order chi connectivity index (χ0) is 11.2. The minimum absolute atomic E-state index is 0.309. The number of rotatable bonds is 0. The first kappa shape index (κ1) is 10.5. The molecule has 1 aromatic carbocycles. The average Bonchev–Trinajstić information content (AvgIpc) is 2.74. The predicted octanol–water partition coefficient (Wildman–Crippen LogP) is 4.24. The fraction of sp³-hybridized carbons (Fsp3) is 0.500. The largest absolute Gasteiger partial charge is 0.294 e. The molecule has 0 bridgehead atoms. The van der Waals surface area contributed by atoms with Gasteiger partial charge in [0.05, 0.1) is 0 Å². The van der Waals surface area contributed by atoms with Crippen molar-refractivity contribution in [2.45, 2.75) is 43.9 Å². The Kier molecular flexibility index (Phi) is 2.43. The van der Waals surface area contributed by atoms with Crippen LogP contribution in [0.1, 0.15) is 54.4 Å². The van der Waals surface area contributed by atoms with E-state index in [-0.39, 0.29) is 0 Å². The molecule has 3 rings (SSSR count). The maximum absolute atomic E-state index is 12.0. The Hall–Kier alpha value is -0.630. The van der Waals surface area contributed by atoms with Gasteiger partial charge >= 0.3 is 0 Å². The van der Waals surface area contributed by atoms with Crippen molar-refractivity contribution < 1.29 is 4.79 Å². The molecule has 0 N–H and O–H groups in total. The molecule has 1 saturated carbocycles. The van der Waals surface area contributed by atoms with E-state index in [0.29, 0.717) is 11.2 Å². The summed E-state index contributed by atoms with van der Waals surface area (Å²) >= 11 is 3.64. The Morgan fingerprint density at radius 2 is 1.88 bits per heavy atom. The highest BCUT2D eigenvalue weighted by atomic mass is 79.9. The summed E-state index contributed by atoms with van der Waals surface area (Å²) in [5, 5.41) is 0. The predicted molar refractivity (Wildman–Crippen MR) is 67.9 cm³/mol. The van der Waals surface area contributed by atoms with E-state index in [1.165, 1.54) is 31.2 Å². The van der Waals surface area contributed by atoms with Crippen LogP contribution in [0.15, 0.2) is 22.7 Å². The molecular formula is C14H15BrO. The smallest absolute Gasteiger partial charge is 0.163 e. The first-order valence-corrected chi connectivity index (χ1v) is 6.84. The lowest BCUT2D eigenvalue weighted by Crippen LogP contribution is -2.31. The molecule has 84 valence electrons. The molecule has 2 heteroatoms. The van der Waals surface area contributed by atoms with Gasteiger partial charge in [-0.3, -0.25) is 4.79 Å². The fourth-order valence-corrected chi connectivity index (χ4v) is 4.25. The van der Waals surface area contributed by atoms with Crippen LogP contribution in [0.4, 0.5) is 0 Å². The monoisotopic (exact) mass is 278 g/mol. The number of fused-ring (bicyclic) bond motifs is 2. The highest BCUT2D eigenvalue weighted by Crippen LogP contribution is 2.50. The number of benzene rings is 1. The van der Waals surface area contributed by atoms with Gasteiger partial charge in [0.15, 0.2) is 5.78 Å². The van der Waals surface area contributed by atoms with E-state index in [2.05, 4.69) is 22.0 Å². The van der Waals surface area contributed by atoms with E-state index in [1.807, 2.05) is 12.1 Å². The molecule has 1 fully saturated rings. The third-order valence-corrected chi connectivity index (χ3v) is 4.90. The molecule has 0 unspecified atom stereocenters. The van der Waals surface area contributed by atoms with Crippen LogP contribution in [0.25, 0.3) is 0 Å². The zero-order valence-electron chi connectivity index (χ0n) is 9.26. The number of carbonyl (C=O) groups excluding carboxylic acids is 1. The van der Waals surface area contributed by atoms with Gasteiger partial charge in [0.1, 0.15) is 0 Å². The maximum Gasteiger partial charge on any atom is 0.163 e. The highest BCUT2D eigenvalue weighted by Gasteiger charge is 2.42. The van der Waals surface area contributed by atoms with E-state index < -0.39 is 0 Å². The summed E-state index contributed by atoms with van der Waals surface area (Å²) in [6.45, 7) is 0. The minimum atomic E-state index is 0.309. The van der Waals surface area contributed by atoms with Gasteiger partial charge in [-0.05, 0) is 36.3 Å². The third kappa shape index (κ3) is 1.39. The van der Waals surface area contributed by atoms with Gasteiger partial charge in [-0.2, -0.15) is 0 Å². The molecular weight excluding hydrogens is 264 g/mol. The number of Topliss-reactive ketones (excluding diaryl/α,β-unsaturated/α-hetero) is 1. The molecule has 1 spiro atoms. The van der Waals surface area contributed by atoms with Crippen LogP contribution in [0.2, 0.25) is 0 Å². The number of hydrogen-bond acceptors (Lipinski definition) is 1. The van der Waals surface area contributed by atoms with Crippen molar-refractivity contribution in [1.82, 2.24) is 0 Å². The molecule has 0 saturated heterocycles. The number of carbonyl (C=O) groups is 1. The quantitative estimate of drug-likeness (QED) is 0.694. The Morgan fingerprint density at radius 1 is 1.12 bits per heavy atom. The van der Waals surface area contributed by atoms with Crippen molar-refractivity contribution in [3.63, 3.8) is 0 Å². The van der Waals surface area contributed by atoms with Gasteiger partial charge in [-0.25, -0.2) is 0 Å². The van der Waals surface area contributed by atoms with Gasteiger partial charge in [0.2, 0.25) is 0 Å². The van der Waals surface area contributed by atoms with E-state index in [4.69, 9.17) is 0 Å². The van der Waals surface area contributed by atoms with Crippen molar-refractivity contribution in [2.24, 2.45) is 0 Å². The summed E-state index contributed by atoms with van der Waals surface area (Å²) in [7, 11) is 0. The topological polar surface area (TPSA) is 17.1 Å². The Labute approximate surface area is 104 Å². The van der Waals surface area contributed by atoms with Crippen molar-refractivity contribution >= 4 is 21.7 Å². The summed E-state index contributed by atoms with van der Waals surface area (Å²) in [4.78, 5) is 12.0. The van der Waals surface area contributed by atoms with E-state index in [9.17, 15) is 4.79 Å². The van der Waals surface area contributed by atoms with Crippen molar-refractivity contribution in [3.8, 4) is 0 Å². The first-order chi connectivity index (χ1) is 7.73. The summed E-state index contributed by atoms with van der Waals surface area (Å²) in [5.41, 5.74) is 2.59. The molecule has 0 radical (unpaired) electrons. The van der Waals surface area contributed by atoms with Crippen LogP contribution in [-0.2, 0) is 5.41 Å². The molecule has 1 nitrogen and oxygen atoms in total. The second-order valence-electron chi connectivity index (χ2n) is 5.07. The summed E-state index contributed by atoms with van der Waals surface area (Å²) in [5.74, 6) is 0.328. The lowest BCUT2D eigenvalue weighted by Gasteiger charge is -2.36. The molecule has 0 atom stereocenters. The summed E-state index contributed by atoms with van der Waals surface area (Å²) in [6, 6.07) is 6.06. The zero-order valence-corrected chi connectivity index (χ0v) is 10.8. The van der Waals surface area contributed by atoms with Gasteiger partial charge in [0.25, 0.3) is 0 Å². The summed E-state index contributed by atoms with van der Waals surface area (Å²) in [6.07, 6.45) is 6.95. The van der Waals surface area contributed by atoms with Crippen molar-refractivity contribution in [2.75, 3.05) is 0 Å². The second kappa shape index (κ2) is 3.69. The Balaban J connectivity index is 2.22. The van der Waals surface area contributed by atoms with Gasteiger partial charge in [-0.15, -0.1) is 0 Å². The van der Waals surface area contributed by atoms with Gasteiger partial charge < -0.3 is 0 Å². The maximum atomic E-state index is 12.0. The molecule has 0 aliphatic heterocycles. The summed E-state index contributed by atoms with van der Waals surface area (Å²) < 4.78 is 1.14. The Morgan fingerprint density at radius 3 is 2.62 bits per heavy atom. The molecule has 0 heterocycles. The van der Waals surface area contributed by atoms with Crippen LogP contribution in [0.5, 0.6) is 0 Å². The molecule has 0 amide bonds. The van der Waals surface area contributed by atoms with Crippen LogP contribution in [0, 0.1) is 0 Å². The average molecular weight is 279 g/mol. The SMILES string of the molecule is O=C1CCC2(CCCC2)c2c(Br)cccc21. The lowest BCUT2D eigenvalue weighted by atomic mass is 9.68. The molecule has 0 aromatic heterocycles. The molecule has 1 aromatic rings. The van der Waals surface area contributed by atoms with Crippen molar-refractivity contribution in [1.29, 1.82) is 0 Å². The molecule has 2 aliphatic rings. The van der Waals surface area contributed by atoms with Crippen LogP contribution >= 0.6 is 15.9 Å². The standard InChI is InChI=1S/C14H15BrO/c15-11-5-3-4-10-12(16)6-9-14(13(10)11)7-1-2-8-14/h3-5H,1-2,6-9H2. The number of hydrogen-bond donors (Lipinski definition) is 0. The van der Waals surface area contributed by atoms with Crippen molar-refractivity contribution in [3.05, 3.63) is 33.8 Å². The highest BCUT2D eigenvalue weighted by molar-refractivity contribution is 9.10. The van der Waals surface area contributed by atoms with Gasteiger partial charge in [-0.1, -0.05) is 40.9 Å². The lowest BCUT2D eigenvalue weighted by molar-refractivity contribution is 0.0951. The third-order valence-electron chi connectivity index (χ3n) is 4.24.